The van der Waals surface area contributed by atoms with E-state index in [9.17, 15) is 14.4 Å². The molecule has 0 saturated heterocycles. The van der Waals surface area contributed by atoms with Crippen LogP contribution in [0.3, 0.4) is 0 Å². The molecular weight excluding hydrogens is 877 g/mol. The van der Waals surface area contributed by atoms with Gasteiger partial charge in [0.25, 0.3) is 0 Å². The van der Waals surface area contributed by atoms with Gasteiger partial charge in [-0.15, -0.1) is 0 Å². The molecule has 0 aliphatic rings. The lowest BCUT2D eigenvalue weighted by Crippen LogP contribution is -2.30. The molecule has 0 saturated carbocycles. The van der Waals surface area contributed by atoms with Gasteiger partial charge in [0.1, 0.15) is 13.2 Å². The summed E-state index contributed by atoms with van der Waals surface area (Å²) in [5.74, 6) is -0.966. The highest BCUT2D eigenvalue weighted by Crippen LogP contribution is 2.16. The van der Waals surface area contributed by atoms with E-state index in [1.54, 1.807) is 0 Å². The van der Waals surface area contributed by atoms with Crippen LogP contribution in [0.1, 0.15) is 278 Å². The summed E-state index contributed by atoms with van der Waals surface area (Å²) >= 11 is 0. The van der Waals surface area contributed by atoms with Crippen LogP contribution in [0.5, 0.6) is 0 Å². The zero-order valence-electron chi connectivity index (χ0n) is 46.5. The SMILES string of the molecule is CC/C=C\C/C=C\C/C=C\C/C=C\C/C=C\CCCCCC(=O)OC[C@@H](COC(=O)CCCC/C=C\C/C=C\C/C=C\CCCCC)OC(=O)CCCCCCCCCCCCCCCCCCCCC. The molecule has 0 N–H and O–H groups in total. The van der Waals surface area contributed by atoms with Crippen LogP contribution in [0.2, 0.25) is 0 Å². The van der Waals surface area contributed by atoms with Crippen molar-refractivity contribution in [3.8, 4) is 0 Å². The van der Waals surface area contributed by atoms with Crippen molar-refractivity contribution in [2.24, 2.45) is 0 Å². The van der Waals surface area contributed by atoms with Gasteiger partial charge in [0.2, 0.25) is 0 Å². The maximum Gasteiger partial charge on any atom is 0.306 e. The quantitative estimate of drug-likeness (QED) is 0.0261. The van der Waals surface area contributed by atoms with Crippen molar-refractivity contribution in [2.45, 2.75) is 284 Å². The Morgan fingerprint density at radius 1 is 0.296 bits per heavy atom. The number of esters is 3. The molecule has 0 rings (SSSR count). The highest BCUT2D eigenvalue weighted by atomic mass is 16.6. The molecule has 0 bridgehead atoms. The van der Waals surface area contributed by atoms with E-state index in [0.29, 0.717) is 19.3 Å². The second kappa shape index (κ2) is 58.9. The molecule has 0 amide bonds. The molecule has 0 aromatic heterocycles. The minimum atomic E-state index is -0.807. The summed E-state index contributed by atoms with van der Waals surface area (Å²) in [6.45, 7) is 6.46. The Labute approximate surface area is 438 Å². The maximum absolute atomic E-state index is 12.9. The number of hydrogen-bond donors (Lipinski definition) is 0. The molecule has 0 unspecified atom stereocenters. The molecule has 0 heterocycles. The van der Waals surface area contributed by atoms with Gasteiger partial charge in [-0.05, 0) is 103 Å². The zero-order chi connectivity index (χ0) is 51.4. The number of carbonyl (C=O) groups excluding carboxylic acids is 3. The van der Waals surface area contributed by atoms with E-state index in [1.165, 1.54) is 128 Å². The third-order valence-electron chi connectivity index (χ3n) is 12.6. The van der Waals surface area contributed by atoms with Crippen LogP contribution in [0, 0.1) is 0 Å². The maximum atomic E-state index is 12.9. The van der Waals surface area contributed by atoms with Crippen LogP contribution in [0.25, 0.3) is 0 Å². The van der Waals surface area contributed by atoms with Crippen LogP contribution in [-0.2, 0) is 28.6 Å². The normalized spacial score (nSPS) is 12.8. The predicted octanol–water partition coefficient (Wildman–Crippen LogP) is 20.1. The molecule has 6 nitrogen and oxygen atoms in total. The lowest BCUT2D eigenvalue weighted by Gasteiger charge is -2.18. The van der Waals surface area contributed by atoms with Crippen molar-refractivity contribution < 1.29 is 28.6 Å². The monoisotopic (exact) mass is 987 g/mol. The van der Waals surface area contributed by atoms with Gasteiger partial charge in [0.15, 0.2) is 6.10 Å². The summed E-state index contributed by atoms with van der Waals surface area (Å²) in [7, 11) is 0. The first kappa shape index (κ1) is 67.3. The number of carbonyl (C=O) groups is 3. The van der Waals surface area contributed by atoms with Crippen molar-refractivity contribution >= 4 is 17.9 Å². The van der Waals surface area contributed by atoms with Gasteiger partial charge >= 0.3 is 17.9 Å². The first-order valence-electron chi connectivity index (χ1n) is 29.7. The molecule has 0 aromatic carbocycles. The molecule has 0 aliphatic heterocycles. The fourth-order valence-electron chi connectivity index (χ4n) is 8.12. The lowest BCUT2D eigenvalue weighted by molar-refractivity contribution is -0.167. The highest BCUT2D eigenvalue weighted by molar-refractivity contribution is 5.71. The fraction of sp³-hybridized carbons (Fsp3) is 0.708. The molecule has 71 heavy (non-hydrogen) atoms. The van der Waals surface area contributed by atoms with Gasteiger partial charge in [0.05, 0.1) is 0 Å². The second-order valence-electron chi connectivity index (χ2n) is 19.5. The number of rotatable bonds is 53. The third-order valence-corrected chi connectivity index (χ3v) is 12.6. The Kier molecular flexibility index (Phi) is 55.9. The van der Waals surface area contributed by atoms with E-state index in [4.69, 9.17) is 14.2 Å². The third kappa shape index (κ3) is 57.1. The fourth-order valence-corrected chi connectivity index (χ4v) is 8.12. The van der Waals surface area contributed by atoms with Gasteiger partial charge in [-0.3, -0.25) is 14.4 Å². The van der Waals surface area contributed by atoms with E-state index in [0.717, 1.165) is 109 Å². The van der Waals surface area contributed by atoms with E-state index in [1.807, 2.05) is 0 Å². The topological polar surface area (TPSA) is 78.9 Å². The van der Waals surface area contributed by atoms with Crippen molar-refractivity contribution in [3.63, 3.8) is 0 Å². The molecule has 406 valence electrons. The summed E-state index contributed by atoms with van der Waals surface area (Å²) in [6, 6.07) is 0. The largest absolute Gasteiger partial charge is 0.462 e. The average Bonchev–Trinajstić information content (AvgIpc) is 3.37. The first-order valence-corrected chi connectivity index (χ1v) is 29.7. The van der Waals surface area contributed by atoms with Crippen molar-refractivity contribution in [3.05, 3.63) is 97.2 Å². The zero-order valence-corrected chi connectivity index (χ0v) is 46.5. The van der Waals surface area contributed by atoms with Crippen LogP contribution < -0.4 is 0 Å². The van der Waals surface area contributed by atoms with Crippen LogP contribution in [-0.4, -0.2) is 37.2 Å². The van der Waals surface area contributed by atoms with Crippen molar-refractivity contribution in [1.82, 2.24) is 0 Å². The summed E-state index contributed by atoms with van der Waals surface area (Å²) in [4.78, 5) is 38.2. The summed E-state index contributed by atoms with van der Waals surface area (Å²) in [5.41, 5.74) is 0. The van der Waals surface area contributed by atoms with Crippen LogP contribution in [0.4, 0.5) is 0 Å². The second-order valence-corrected chi connectivity index (χ2v) is 19.5. The Balaban J connectivity index is 4.47. The molecular formula is C65H110O6. The van der Waals surface area contributed by atoms with Gasteiger partial charge in [-0.1, -0.05) is 253 Å². The summed E-state index contributed by atoms with van der Waals surface area (Å²) in [6.07, 6.45) is 78.3. The van der Waals surface area contributed by atoms with Gasteiger partial charge < -0.3 is 14.2 Å². The Bertz CT molecular complexity index is 1410. The van der Waals surface area contributed by atoms with Crippen molar-refractivity contribution in [2.75, 3.05) is 13.2 Å². The van der Waals surface area contributed by atoms with Crippen LogP contribution >= 0.6 is 0 Å². The molecule has 0 spiro atoms. The molecule has 0 fully saturated rings. The lowest BCUT2D eigenvalue weighted by atomic mass is 10.0. The smallest absolute Gasteiger partial charge is 0.306 e. The highest BCUT2D eigenvalue weighted by Gasteiger charge is 2.19. The molecule has 0 aliphatic carbocycles. The Hall–Kier alpha value is -3.67. The summed E-state index contributed by atoms with van der Waals surface area (Å²) < 4.78 is 16.8. The number of allylic oxidation sites excluding steroid dienone is 16. The molecule has 1 atom stereocenters. The van der Waals surface area contributed by atoms with Gasteiger partial charge in [0, 0.05) is 19.3 Å². The minimum absolute atomic E-state index is 0.106. The number of hydrogen-bond acceptors (Lipinski definition) is 6. The molecule has 6 heteroatoms. The van der Waals surface area contributed by atoms with E-state index < -0.39 is 6.10 Å². The van der Waals surface area contributed by atoms with E-state index in [-0.39, 0.29) is 31.1 Å². The number of unbranched alkanes of at least 4 members (excludes halogenated alkanes) is 26. The number of ether oxygens (including phenoxy) is 3. The average molecular weight is 988 g/mol. The Morgan fingerprint density at radius 3 is 0.915 bits per heavy atom. The molecule has 0 radical (unpaired) electrons. The van der Waals surface area contributed by atoms with Gasteiger partial charge in [-0.25, -0.2) is 0 Å². The van der Waals surface area contributed by atoms with E-state index >= 15 is 0 Å². The standard InChI is InChI=1S/C65H110O6/c1-4-7-10-13-16-19-22-25-28-30-32-34-37-40-43-46-49-52-55-58-64(67)70-61-62(60-69-63(66)57-54-51-48-45-42-39-36-27-24-21-18-15-12-9-6-3)71-65(68)59-56-53-50-47-44-41-38-35-33-31-29-26-23-20-17-14-11-8-5-2/h7,10,16,18-19,21,25,27-28,32,34,36,40,42-43,45,62H,4-6,8-9,11-15,17,20,22-24,26,29-31,33,35,37-39,41,44,46-61H2,1-3H3/b10-7-,19-16-,21-18-,28-25-,34-32-,36-27-,43-40-,45-42-/t62-/m1/s1. The summed E-state index contributed by atoms with van der Waals surface area (Å²) in [5, 5.41) is 0. The predicted molar refractivity (Wildman–Crippen MR) is 307 cm³/mol. The minimum Gasteiger partial charge on any atom is -0.462 e. The van der Waals surface area contributed by atoms with Gasteiger partial charge in [-0.2, -0.15) is 0 Å². The van der Waals surface area contributed by atoms with E-state index in [2.05, 4.69) is 118 Å². The first-order chi connectivity index (χ1) is 35.0. The molecule has 0 aromatic rings. The van der Waals surface area contributed by atoms with Crippen molar-refractivity contribution in [1.29, 1.82) is 0 Å². The van der Waals surface area contributed by atoms with Crippen LogP contribution in [0.15, 0.2) is 97.2 Å². The Morgan fingerprint density at radius 2 is 0.549 bits per heavy atom.